The Bertz CT molecular complexity index is 509. The van der Waals surface area contributed by atoms with Gasteiger partial charge in [-0.05, 0) is 31.2 Å². The molecule has 1 aliphatic heterocycles. The van der Waals surface area contributed by atoms with Crippen LogP contribution in [0.1, 0.15) is 20.3 Å². The van der Waals surface area contributed by atoms with Crippen LogP contribution < -0.4 is 16.0 Å². The Morgan fingerprint density at radius 3 is 2.10 bits per heavy atom. The van der Waals surface area contributed by atoms with E-state index < -0.39 is 0 Å². The number of benzene rings is 1. The molecule has 6 nitrogen and oxygen atoms in total. The van der Waals surface area contributed by atoms with E-state index in [2.05, 4.69) is 16.0 Å². The van der Waals surface area contributed by atoms with Crippen molar-refractivity contribution in [3.05, 3.63) is 24.3 Å². The number of hydrogen-bond donors (Lipinski definition) is 3. The number of hydrogen-bond acceptors (Lipinski definition) is 4. The van der Waals surface area contributed by atoms with Gasteiger partial charge in [0.2, 0.25) is 11.8 Å². The van der Waals surface area contributed by atoms with Crippen LogP contribution in [0.25, 0.3) is 0 Å². The molecule has 0 saturated carbocycles. The van der Waals surface area contributed by atoms with Crippen LogP contribution in [0.5, 0.6) is 0 Å². The Balaban J connectivity index is 1.79. The average molecular weight is 291 g/mol. The molecule has 2 rings (SSSR count). The Morgan fingerprint density at radius 2 is 1.67 bits per heavy atom. The summed E-state index contributed by atoms with van der Waals surface area (Å²) < 4.78 is 5.56. The number of carbonyl (C=O) groups is 2. The highest BCUT2D eigenvalue weighted by Gasteiger charge is 2.32. The zero-order chi connectivity index (χ0) is 15.3. The molecule has 0 unspecified atom stereocenters. The van der Waals surface area contributed by atoms with Crippen molar-refractivity contribution in [2.24, 2.45) is 0 Å². The van der Waals surface area contributed by atoms with Gasteiger partial charge in [0.05, 0.1) is 5.60 Å². The van der Waals surface area contributed by atoms with E-state index in [0.717, 1.165) is 13.1 Å². The van der Waals surface area contributed by atoms with Gasteiger partial charge in [-0.15, -0.1) is 0 Å². The fraction of sp³-hybridized carbons (Fsp3) is 0.467. The van der Waals surface area contributed by atoms with E-state index in [-0.39, 0.29) is 24.0 Å². The van der Waals surface area contributed by atoms with Gasteiger partial charge >= 0.3 is 0 Å². The molecule has 1 aromatic rings. The summed E-state index contributed by atoms with van der Waals surface area (Å²) in [6, 6.07) is 6.99. The summed E-state index contributed by atoms with van der Waals surface area (Å²) in [5.74, 6) is -0.226. The fourth-order valence-corrected chi connectivity index (χ4v) is 1.90. The first-order valence-electron chi connectivity index (χ1n) is 7.05. The van der Waals surface area contributed by atoms with E-state index in [9.17, 15) is 9.59 Å². The lowest BCUT2D eigenvalue weighted by Gasteiger charge is -2.38. The van der Waals surface area contributed by atoms with Crippen molar-refractivity contribution >= 4 is 23.2 Å². The molecule has 1 aromatic carbocycles. The predicted molar refractivity (Wildman–Crippen MR) is 81.2 cm³/mol. The summed E-state index contributed by atoms with van der Waals surface area (Å²) in [6.45, 7) is 5.34. The van der Waals surface area contributed by atoms with Gasteiger partial charge in [-0.25, -0.2) is 0 Å². The zero-order valence-corrected chi connectivity index (χ0v) is 12.4. The molecule has 0 aromatic heterocycles. The van der Waals surface area contributed by atoms with Crippen LogP contribution in [0.2, 0.25) is 0 Å². The van der Waals surface area contributed by atoms with Gasteiger partial charge < -0.3 is 20.7 Å². The van der Waals surface area contributed by atoms with E-state index in [1.54, 1.807) is 31.2 Å². The molecule has 0 radical (unpaired) electrons. The summed E-state index contributed by atoms with van der Waals surface area (Å²) >= 11 is 0. The average Bonchev–Trinajstić information content (AvgIpc) is 2.45. The van der Waals surface area contributed by atoms with Crippen LogP contribution in [0.4, 0.5) is 11.4 Å². The van der Waals surface area contributed by atoms with Crippen molar-refractivity contribution in [2.75, 3.05) is 30.3 Å². The number of ether oxygens (including phenoxy) is 1. The Labute approximate surface area is 124 Å². The number of carbonyl (C=O) groups excluding carboxylic acids is 2. The van der Waals surface area contributed by atoms with Gasteiger partial charge in [0, 0.05) is 30.9 Å². The molecule has 0 atom stereocenters. The van der Waals surface area contributed by atoms with Crippen molar-refractivity contribution in [1.29, 1.82) is 0 Å². The highest BCUT2D eigenvalue weighted by molar-refractivity contribution is 5.93. The molecule has 1 heterocycles. The van der Waals surface area contributed by atoms with Crippen LogP contribution in [0.15, 0.2) is 24.3 Å². The number of nitrogens with one attached hydrogen (secondary N) is 3. The zero-order valence-electron chi connectivity index (χ0n) is 12.4. The molecular weight excluding hydrogens is 270 g/mol. The standard InChI is InChI=1S/C15H21N3O3/c1-3-13(19)17-11-4-6-12(7-5-11)18-14(20)8-21-15(2)9-16-10-15/h4-7,16H,3,8-10H2,1-2H3,(H,17,19)(H,18,20). The van der Waals surface area contributed by atoms with Gasteiger partial charge in [0.25, 0.3) is 0 Å². The van der Waals surface area contributed by atoms with Crippen LogP contribution in [-0.2, 0) is 14.3 Å². The molecule has 3 N–H and O–H groups in total. The largest absolute Gasteiger partial charge is 0.363 e. The second-order valence-electron chi connectivity index (χ2n) is 5.37. The summed E-state index contributed by atoms with van der Waals surface area (Å²) in [5, 5.41) is 8.62. The Kier molecular flexibility index (Phi) is 4.93. The Hall–Kier alpha value is -1.92. The third-order valence-corrected chi connectivity index (χ3v) is 3.32. The van der Waals surface area contributed by atoms with E-state index in [4.69, 9.17) is 4.74 Å². The van der Waals surface area contributed by atoms with Crippen molar-refractivity contribution in [2.45, 2.75) is 25.9 Å². The van der Waals surface area contributed by atoms with Gasteiger partial charge in [-0.2, -0.15) is 0 Å². The minimum Gasteiger partial charge on any atom is -0.363 e. The predicted octanol–water partition coefficient (Wildman–Crippen LogP) is 1.35. The molecule has 0 spiro atoms. The van der Waals surface area contributed by atoms with Crippen LogP contribution >= 0.6 is 0 Å². The highest BCUT2D eigenvalue weighted by Crippen LogP contribution is 2.16. The molecule has 0 bridgehead atoms. The van der Waals surface area contributed by atoms with Crippen LogP contribution in [0.3, 0.4) is 0 Å². The molecule has 6 heteroatoms. The summed E-state index contributed by atoms with van der Waals surface area (Å²) in [7, 11) is 0. The first-order valence-corrected chi connectivity index (χ1v) is 7.05. The summed E-state index contributed by atoms with van der Waals surface area (Å²) in [6.07, 6.45) is 0.434. The summed E-state index contributed by atoms with van der Waals surface area (Å²) in [4.78, 5) is 23.0. The Morgan fingerprint density at radius 1 is 1.14 bits per heavy atom. The second kappa shape index (κ2) is 6.69. The SMILES string of the molecule is CCC(=O)Nc1ccc(NC(=O)COC2(C)CNC2)cc1. The molecule has 2 amide bonds. The lowest BCUT2D eigenvalue weighted by atomic mass is 10.0. The smallest absolute Gasteiger partial charge is 0.250 e. The van der Waals surface area contributed by atoms with Crippen LogP contribution in [-0.4, -0.2) is 37.1 Å². The maximum atomic E-state index is 11.8. The molecule has 1 aliphatic rings. The number of anilines is 2. The van der Waals surface area contributed by atoms with Gasteiger partial charge in [-0.1, -0.05) is 6.92 Å². The number of rotatable bonds is 6. The lowest BCUT2D eigenvalue weighted by molar-refractivity contribution is -0.130. The van der Waals surface area contributed by atoms with Crippen molar-refractivity contribution in [1.82, 2.24) is 5.32 Å². The molecule has 114 valence electrons. The quantitative estimate of drug-likeness (QED) is 0.739. The molecule has 1 fully saturated rings. The third-order valence-electron chi connectivity index (χ3n) is 3.32. The lowest BCUT2D eigenvalue weighted by Crippen LogP contribution is -2.59. The fourth-order valence-electron chi connectivity index (χ4n) is 1.90. The van der Waals surface area contributed by atoms with E-state index in [1.807, 2.05) is 6.92 Å². The van der Waals surface area contributed by atoms with Gasteiger partial charge in [-0.3, -0.25) is 9.59 Å². The molecule has 1 saturated heterocycles. The van der Waals surface area contributed by atoms with Crippen molar-refractivity contribution in [3.8, 4) is 0 Å². The van der Waals surface area contributed by atoms with E-state index in [0.29, 0.717) is 17.8 Å². The minimum atomic E-state index is -0.231. The third kappa shape index (κ3) is 4.54. The van der Waals surface area contributed by atoms with Crippen molar-refractivity contribution in [3.63, 3.8) is 0 Å². The monoisotopic (exact) mass is 291 g/mol. The molecule has 21 heavy (non-hydrogen) atoms. The van der Waals surface area contributed by atoms with Gasteiger partial charge in [0.1, 0.15) is 6.61 Å². The van der Waals surface area contributed by atoms with Crippen molar-refractivity contribution < 1.29 is 14.3 Å². The second-order valence-corrected chi connectivity index (χ2v) is 5.37. The normalized spacial score (nSPS) is 15.9. The maximum absolute atomic E-state index is 11.8. The summed E-state index contributed by atoms with van der Waals surface area (Å²) in [5.41, 5.74) is 1.16. The van der Waals surface area contributed by atoms with Crippen LogP contribution in [0, 0.1) is 0 Å². The number of amides is 2. The first-order chi connectivity index (χ1) is 10.0. The molecular formula is C15H21N3O3. The maximum Gasteiger partial charge on any atom is 0.250 e. The first kappa shape index (κ1) is 15.5. The topological polar surface area (TPSA) is 79.5 Å². The minimum absolute atomic E-state index is 0.0342. The van der Waals surface area contributed by atoms with E-state index >= 15 is 0 Å². The highest BCUT2D eigenvalue weighted by atomic mass is 16.5. The van der Waals surface area contributed by atoms with E-state index in [1.165, 1.54) is 0 Å². The van der Waals surface area contributed by atoms with Gasteiger partial charge in [0.15, 0.2) is 0 Å². The molecule has 0 aliphatic carbocycles.